The molecule has 0 aliphatic heterocycles. The molecule has 0 radical (unpaired) electrons. The molecule has 0 fully saturated rings. The van der Waals surface area contributed by atoms with Crippen molar-refractivity contribution >= 4 is 5.69 Å². The van der Waals surface area contributed by atoms with Crippen LogP contribution in [0.4, 0.5) is 10.1 Å². The molecule has 0 aliphatic rings. The molecule has 0 spiro atoms. The van der Waals surface area contributed by atoms with Crippen LogP contribution in [0.5, 0.6) is 0 Å². The van der Waals surface area contributed by atoms with Crippen LogP contribution in [0, 0.1) is 5.82 Å². The number of benzene rings is 1. The molecule has 84 valence electrons. The third-order valence-corrected chi connectivity index (χ3v) is 2.53. The van der Waals surface area contributed by atoms with Crippen molar-refractivity contribution in [1.29, 1.82) is 0 Å². The van der Waals surface area contributed by atoms with Gasteiger partial charge in [-0.2, -0.15) is 5.10 Å². The zero-order chi connectivity index (χ0) is 11.7. The minimum atomic E-state index is -0.262. The minimum absolute atomic E-state index is 0.262. The molecule has 0 amide bonds. The lowest BCUT2D eigenvalue weighted by atomic mass is 10.1. The van der Waals surface area contributed by atoms with E-state index in [9.17, 15) is 4.39 Å². The number of halogens is 1. The quantitative estimate of drug-likeness (QED) is 0.815. The van der Waals surface area contributed by atoms with Gasteiger partial charge in [0.1, 0.15) is 11.5 Å². The summed E-state index contributed by atoms with van der Waals surface area (Å²) in [6, 6.07) is 6.15. The second kappa shape index (κ2) is 3.96. The van der Waals surface area contributed by atoms with Gasteiger partial charge in [-0.05, 0) is 30.2 Å². The molecule has 0 aliphatic carbocycles. The van der Waals surface area contributed by atoms with Gasteiger partial charge in [-0.1, -0.05) is 13.8 Å². The summed E-state index contributed by atoms with van der Waals surface area (Å²) >= 11 is 0. The zero-order valence-electron chi connectivity index (χ0n) is 9.29. The largest absolute Gasteiger partial charge is 0.395 e. The normalized spacial score (nSPS) is 11.0. The Morgan fingerprint density at radius 3 is 2.38 bits per heavy atom. The Labute approximate surface area is 93.5 Å². The number of aromatic amines is 1. The highest BCUT2D eigenvalue weighted by atomic mass is 19.1. The van der Waals surface area contributed by atoms with Gasteiger partial charge in [-0.3, -0.25) is 5.10 Å². The lowest BCUT2D eigenvalue weighted by Crippen LogP contribution is -1.94. The van der Waals surface area contributed by atoms with Gasteiger partial charge in [-0.25, -0.2) is 4.39 Å². The Morgan fingerprint density at radius 1 is 1.25 bits per heavy atom. The Kier molecular flexibility index (Phi) is 2.64. The number of nitrogens with two attached hydrogens (primary N) is 1. The summed E-state index contributed by atoms with van der Waals surface area (Å²) in [6.07, 6.45) is 0. The van der Waals surface area contributed by atoms with E-state index < -0.39 is 0 Å². The summed E-state index contributed by atoms with van der Waals surface area (Å²) < 4.78 is 12.8. The van der Waals surface area contributed by atoms with Crippen LogP contribution >= 0.6 is 0 Å². The number of nitrogens with zero attached hydrogens (tertiary/aromatic N) is 1. The Balaban J connectivity index is 2.45. The monoisotopic (exact) mass is 219 g/mol. The van der Waals surface area contributed by atoms with E-state index in [2.05, 4.69) is 10.2 Å². The highest BCUT2D eigenvalue weighted by molar-refractivity contribution is 5.74. The topological polar surface area (TPSA) is 54.7 Å². The first-order valence-corrected chi connectivity index (χ1v) is 5.19. The van der Waals surface area contributed by atoms with Crippen LogP contribution in [-0.2, 0) is 0 Å². The fourth-order valence-electron chi connectivity index (χ4n) is 1.63. The van der Waals surface area contributed by atoms with Gasteiger partial charge < -0.3 is 5.73 Å². The van der Waals surface area contributed by atoms with Crippen molar-refractivity contribution in [2.75, 3.05) is 5.73 Å². The highest BCUT2D eigenvalue weighted by Gasteiger charge is 2.13. The van der Waals surface area contributed by atoms with E-state index >= 15 is 0 Å². The van der Waals surface area contributed by atoms with Gasteiger partial charge in [0, 0.05) is 5.56 Å². The van der Waals surface area contributed by atoms with Crippen molar-refractivity contribution in [2.45, 2.75) is 19.8 Å². The summed E-state index contributed by atoms with van der Waals surface area (Å²) in [5.74, 6) is 0.0311. The smallest absolute Gasteiger partial charge is 0.123 e. The zero-order valence-corrected chi connectivity index (χ0v) is 9.29. The van der Waals surface area contributed by atoms with Crippen molar-refractivity contribution in [3.8, 4) is 11.3 Å². The molecule has 0 atom stereocenters. The van der Waals surface area contributed by atoms with Crippen LogP contribution in [0.15, 0.2) is 24.3 Å². The molecular formula is C12H14FN3. The number of hydrogen-bond donors (Lipinski definition) is 2. The van der Waals surface area contributed by atoms with Crippen molar-refractivity contribution < 1.29 is 4.39 Å². The van der Waals surface area contributed by atoms with Crippen molar-refractivity contribution in [1.82, 2.24) is 10.2 Å². The fraction of sp³-hybridized carbons (Fsp3) is 0.250. The molecule has 4 heteroatoms. The third-order valence-electron chi connectivity index (χ3n) is 2.53. The Bertz CT molecular complexity index is 485. The number of rotatable bonds is 2. The maximum Gasteiger partial charge on any atom is 0.123 e. The van der Waals surface area contributed by atoms with Gasteiger partial charge >= 0.3 is 0 Å². The summed E-state index contributed by atoms with van der Waals surface area (Å²) in [7, 11) is 0. The van der Waals surface area contributed by atoms with E-state index in [1.807, 2.05) is 13.8 Å². The molecule has 3 nitrogen and oxygen atoms in total. The Morgan fingerprint density at radius 2 is 1.88 bits per heavy atom. The van der Waals surface area contributed by atoms with E-state index in [0.29, 0.717) is 17.3 Å². The number of H-pyrrole nitrogens is 1. The summed E-state index contributed by atoms with van der Waals surface area (Å²) in [6.45, 7) is 4.08. The van der Waals surface area contributed by atoms with Crippen molar-refractivity contribution in [3.05, 3.63) is 35.8 Å². The molecule has 3 N–H and O–H groups in total. The summed E-state index contributed by atoms with van der Waals surface area (Å²) in [5.41, 5.74) is 9.05. The predicted octanol–water partition coefficient (Wildman–Crippen LogP) is 2.92. The predicted molar refractivity (Wildman–Crippen MR) is 62.5 cm³/mol. The standard InChI is InChI=1S/C12H14FN3/c1-7(2)11-10(14)12(16-15-11)8-3-5-9(13)6-4-8/h3-7H,14H2,1-2H3,(H,15,16). The van der Waals surface area contributed by atoms with Crippen LogP contribution in [0.1, 0.15) is 25.5 Å². The van der Waals surface area contributed by atoms with Crippen LogP contribution in [0.25, 0.3) is 11.3 Å². The first kappa shape index (κ1) is 10.7. The molecular weight excluding hydrogens is 205 g/mol. The van der Waals surface area contributed by atoms with E-state index in [1.54, 1.807) is 12.1 Å². The van der Waals surface area contributed by atoms with Gasteiger partial charge in [0.05, 0.1) is 11.4 Å². The average molecular weight is 219 g/mol. The lowest BCUT2D eigenvalue weighted by molar-refractivity contribution is 0.628. The van der Waals surface area contributed by atoms with Gasteiger partial charge in [0.2, 0.25) is 0 Å². The minimum Gasteiger partial charge on any atom is -0.395 e. The number of nitrogens with one attached hydrogen (secondary N) is 1. The molecule has 1 aromatic heterocycles. The summed E-state index contributed by atoms with van der Waals surface area (Å²) in [4.78, 5) is 0. The first-order valence-electron chi connectivity index (χ1n) is 5.19. The van der Waals surface area contributed by atoms with Gasteiger partial charge in [0.15, 0.2) is 0 Å². The van der Waals surface area contributed by atoms with Crippen molar-refractivity contribution in [2.24, 2.45) is 0 Å². The van der Waals surface area contributed by atoms with E-state index in [4.69, 9.17) is 5.73 Å². The lowest BCUT2D eigenvalue weighted by Gasteiger charge is -2.03. The molecule has 0 bridgehead atoms. The molecule has 0 unspecified atom stereocenters. The molecule has 1 heterocycles. The molecule has 1 aromatic carbocycles. The second-order valence-corrected chi connectivity index (χ2v) is 4.06. The number of nitrogen functional groups attached to an aromatic ring is 1. The number of anilines is 1. The third kappa shape index (κ3) is 1.78. The number of hydrogen-bond acceptors (Lipinski definition) is 2. The van der Waals surface area contributed by atoms with Gasteiger partial charge in [0.25, 0.3) is 0 Å². The average Bonchev–Trinajstić information content (AvgIpc) is 2.61. The fourth-order valence-corrected chi connectivity index (χ4v) is 1.63. The highest BCUT2D eigenvalue weighted by Crippen LogP contribution is 2.29. The van der Waals surface area contributed by atoms with Crippen LogP contribution in [0.3, 0.4) is 0 Å². The van der Waals surface area contributed by atoms with Gasteiger partial charge in [-0.15, -0.1) is 0 Å². The molecule has 0 saturated heterocycles. The van der Waals surface area contributed by atoms with E-state index in [-0.39, 0.29) is 5.82 Å². The molecule has 2 aromatic rings. The molecule has 0 saturated carbocycles. The second-order valence-electron chi connectivity index (χ2n) is 4.06. The van der Waals surface area contributed by atoms with E-state index in [1.165, 1.54) is 12.1 Å². The maximum absolute atomic E-state index is 12.8. The van der Waals surface area contributed by atoms with Crippen LogP contribution in [0.2, 0.25) is 0 Å². The van der Waals surface area contributed by atoms with Crippen LogP contribution < -0.4 is 5.73 Å². The maximum atomic E-state index is 12.8. The van der Waals surface area contributed by atoms with Crippen LogP contribution in [-0.4, -0.2) is 10.2 Å². The molecule has 16 heavy (non-hydrogen) atoms. The van der Waals surface area contributed by atoms with E-state index in [0.717, 1.165) is 11.3 Å². The SMILES string of the molecule is CC(C)c1[nH]nc(-c2ccc(F)cc2)c1N. The Hall–Kier alpha value is -1.84. The van der Waals surface area contributed by atoms with Crippen molar-refractivity contribution in [3.63, 3.8) is 0 Å². The first-order chi connectivity index (χ1) is 7.59. The number of aromatic nitrogens is 2. The molecule has 2 rings (SSSR count). The summed E-state index contributed by atoms with van der Waals surface area (Å²) in [5, 5.41) is 7.08.